The molecule has 2 atom stereocenters. The summed E-state index contributed by atoms with van der Waals surface area (Å²) in [5, 5.41) is 9.33. The molecule has 1 N–H and O–H groups in total. The molecule has 108 valence electrons. The summed E-state index contributed by atoms with van der Waals surface area (Å²) in [5.41, 5.74) is 2.70. The maximum absolute atomic E-state index is 11.3. The molecule has 1 fully saturated rings. The summed E-state index contributed by atoms with van der Waals surface area (Å²) in [4.78, 5) is 13.5. The number of nitrogens with zero attached hydrogens (tertiary/aromatic N) is 1. The highest BCUT2D eigenvalue weighted by molar-refractivity contribution is 5.73. The van der Waals surface area contributed by atoms with E-state index in [9.17, 15) is 9.90 Å². The van der Waals surface area contributed by atoms with Crippen LogP contribution in [0.3, 0.4) is 0 Å². The second-order valence-electron chi connectivity index (χ2n) is 5.77. The largest absolute Gasteiger partial charge is 0.497 e. The Hall–Kier alpha value is -1.55. The Morgan fingerprint density at radius 3 is 2.95 bits per heavy atom. The van der Waals surface area contributed by atoms with Gasteiger partial charge in [-0.05, 0) is 61.9 Å². The minimum Gasteiger partial charge on any atom is -0.497 e. The average Bonchev–Trinajstić information content (AvgIpc) is 2.95. The molecule has 0 radical (unpaired) electrons. The number of carboxylic acid groups (broad SMARTS) is 1. The van der Waals surface area contributed by atoms with Crippen LogP contribution in [0.4, 0.5) is 0 Å². The standard InChI is InChI=1S/C16H21NO3/c1-20-14-7-5-11-4-6-13(9-12(11)10-14)17-8-2-3-15(17)16(18)19/h5,7,10,13,15H,2-4,6,8-9H2,1H3,(H,18,19). The first-order valence-corrected chi connectivity index (χ1v) is 7.33. The van der Waals surface area contributed by atoms with Crippen molar-refractivity contribution in [3.05, 3.63) is 29.3 Å². The van der Waals surface area contributed by atoms with E-state index in [1.807, 2.05) is 6.07 Å². The van der Waals surface area contributed by atoms with Gasteiger partial charge in [0.15, 0.2) is 0 Å². The lowest BCUT2D eigenvalue weighted by atomic mass is 9.87. The quantitative estimate of drug-likeness (QED) is 0.918. The third-order valence-corrected chi connectivity index (χ3v) is 4.66. The number of hydrogen-bond donors (Lipinski definition) is 1. The topological polar surface area (TPSA) is 49.8 Å². The summed E-state index contributed by atoms with van der Waals surface area (Å²) in [7, 11) is 1.68. The zero-order chi connectivity index (χ0) is 14.1. The number of aliphatic carboxylic acids is 1. The van der Waals surface area contributed by atoms with Crippen LogP contribution in [0.2, 0.25) is 0 Å². The molecule has 3 rings (SSSR count). The van der Waals surface area contributed by atoms with E-state index in [1.54, 1.807) is 7.11 Å². The van der Waals surface area contributed by atoms with Gasteiger partial charge in [-0.15, -0.1) is 0 Å². The highest BCUT2D eigenvalue weighted by Crippen LogP contribution is 2.31. The van der Waals surface area contributed by atoms with Gasteiger partial charge in [-0.1, -0.05) is 6.07 Å². The van der Waals surface area contributed by atoms with Crippen LogP contribution in [0.1, 0.15) is 30.4 Å². The number of carbonyl (C=O) groups is 1. The fourth-order valence-electron chi connectivity index (χ4n) is 3.62. The lowest BCUT2D eigenvalue weighted by Crippen LogP contribution is -2.45. The molecule has 1 aliphatic carbocycles. The van der Waals surface area contributed by atoms with Gasteiger partial charge in [-0.2, -0.15) is 0 Å². The molecule has 0 spiro atoms. The van der Waals surface area contributed by atoms with Crippen LogP contribution in [0.15, 0.2) is 18.2 Å². The monoisotopic (exact) mass is 275 g/mol. The number of fused-ring (bicyclic) bond motifs is 1. The Morgan fingerprint density at radius 2 is 2.20 bits per heavy atom. The fourth-order valence-corrected chi connectivity index (χ4v) is 3.62. The van der Waals surface area contributed by atoms with Crippen LogP contribution in [0.5, 0.6) is 5.75 Å². The molecule has 0 bridgehead atoms. The van der Waals surface area contributed by atoms with Crippen LogP contribution >= 0.6 is 0 Å². The van der Waals surface area contributed by atoms with Gasteiger partial charge in [0.1, 0.15) is 11.8 Å². The number of methoxy groups -OCH3 is 1. The van der Waals surface area contributed by atoms with Crippen molar-refractivity contribution in [3.8, 4) is 5.75 Å². The van der Waals surface area contributed by atoms with Gasteiger partial charge in [0.05, 0.1) is 7.11 Å². The Labute approximate surface area is 119 Å². The third kappa shape index (κ3) is 2.40. The molecule has 0 saturated carbocycles. The van der Waals surface area contributed by atoms with Crippen molar-refractivity contribution in [3.63, 3.8) is 0 Å². The lowest BCUT2D eigenvalue weighted by Gasteiger charge is -2.34. The van der Waals surface area contributed by atoms with Gasteiger partial charge < -0.3 is 9.84 Å². The zero-order valence-corrected chi connectivity index (χ0v) is 11.8. The summed E-state index contributed by atoms with van der Waals surface area (Å²) in [5.74, 6) is 0.222. The number of carboxylic acids is 1. The number of rotatable bonds is 3. The molecule has 4 nitrogen and oxygen atoms in total. The fraction of sp³-hybridized carbons (Fsp3) is 0.562. The SMILES string of the molecule is COc1ccc2c(c1)CC(N1CCCC1C(=O)O)CC2. The van der Waals surface area contributed by atoms with Crippen molar-refractivity contribution in [2.24, 2.45) is 0 Å². The Balaban J connectivity index is 1.79. The summed E-state index contributed by atoms with van der Waals surface area (Å²) in [6.45, 7) is 0.918. The average molecular weight is 275 g/mol. The molecule has 0 aromatic heterocycles. The highest BCUT2D eigenvalue weighted by atomic mass is 16.5. The first-order valence-electron chi connectivity index (χ1n) is 7.33. The smallest absolute Gasteiger partial charge is 0.320 e. The lowest BCUT2D eigenvalue weighted by molar-refractivity contribution is -0.143. The summed E-state index contributed by atoms with van der Waals surface area (Å²) < 4.78 is 5.29. The molecule has 4 heteroatoms. The first kappa shape index (κ1) is 13.4. The van der Waals surface area contributed by atoms with Crippen LogP contribution in [0, 0.1) is 0 Å². The number of aryl methyl sites for hydroxylation is 1. The van der Waals surface area contributed by atoms with Crippen molar-refractivity contribution in [1.29, 1.82) is 0 Å². The summed E-state index contributed by atoms with van der Waals surface area (Å²) >= 11 is 0. The van der Waals surface area contributed by atoms with E-state index in [0.29, 0.717) is 6.04 Å². The summed E-state index contributed by atoms with van der Waals surface area (Å²) in [6, 6.07) is 6.33. The van der Waals surface area contributed by atoms with Gasteiger partial charge in [0.2, 0.25) is 0 Å². The number of ether oxygens (including phenoxy) is 1. The Morgan fingerprint density at radius 1 is 1.35 bits per heavy atom. The van der Waals surface area contributed by atoms with E-state index in [-0.39, 0.29) is 6.04 Å². The van der Waals surface area contributed by atoms with Gasteiger partial charge in [0.25, 0.3) is 0 Å². The first-order chi connectivity index (χ1) is 9.69. The predicted molar refractivity (Wildman–Crippen MR) is 76.2 cm³/mol. The van der Waals surface area contributed by atoms with E-state index in [4.69, 9.17) is 4.74 Å². The second kappa shape index (κ2) is 5.44. The summed E-state index contributed by atoms with van der Waals surface area (Å²) in [6.07, 6.45) is 4.82. The van der Waals surface area contributed by atoms with Crippen molar-refractivity contribution in [2.75, 3.05) is 13.7 Å². The van der Waals surface area contributed by atoms with Crippen molar-refractivity contribution >= 4 is 5.97 Å². The van der Waals surface area contributed by atoms with Gasteiger partial charge >= 0.3 is 5.97 Å². The van der Waals surface area contributed by atoms with Crippen LogP contribution in [-0.2, 0) is 17.6 Å². The van der Waals surface area contributed by atoms with Gasteiger partial charge in [0, 0.05) is 6.04 Å². The highest BCUT2D eigenvalue weighted by Gasteiger charge is 2.36. The molecule has 1 aromatic rings. The maximum atomic E-state index is 11.3. The van der Waals surface area contributed by atoms with Crippen LogP contribution < -0.4 is 4.74 Å². The Bertz CT molecular complexity index is 514. The molecular weight excluding hydrogens is 254 g/mol. The van der Waals surface area contributed by atoms with Crippen molar-refractivity contribution in [1.82, 2.24) is 4.90 Å². The molecule has 0 amide bonds. The van der Waals surface area contributed by atoms with E-state index < -0.39 is 5.97 Å². The Kier molecular flexibility index (Phi) is 3.66. The molecular formula is C16H21NO3. The van der Waals surface area contributed by atoms with E-state index in [1.165, 1.54) is 11.1 Å². The molecule has 1 aliphatic heterocycles. The molecule has 1 aromatic carbocycles. The van der Waals surface area contributed by atoms with E-state index >= 15 is 0 Å². The van der Waals surface area contributed by atoms with Crippen LogP contribution in [0.25, 0.3) is 0 Å². The number of likely N-dealkylation sites (tertiary alicyclic amines) is 1. The molecule has 1 heterocycles. The third-order valence-electron chi connectivity index (χ3n) is 4.66. The predicted octanol–water partition coefficient (Wildman–Crippen LogP) is 2.10. The minimum absolute atomic E-state index is 0.285. The number of benzene rings is 1. The zero-order valence-electron chi connectivity index (χ0n) is 11.8. The molecule has 1 saturated heterocycles. The second-order valence-corrected chi connectivity index (χ2v) is 5.77. The van der Waals surface area contributed by atoms with Crippen LogP contribution in [-0.4, -0.2) is 41.7 Å². The molecule has 20 heavy (non-hydrogen) atoms. The molecule has 2 unspecified atom stereocenters. The number of hydrogen-bond acceptors (Lipinski definition) is 3. The van der Waals surface area contributed by atoms with Crippen molar-refractivity contribution < 1.29 is 14.6 Å². The van der Waals surface area contributed by atoms with Gasteiger partial charge in [-0.25, -0.2) is 0 Å². The minimum atomic E-state index is -0.668. The van der Waals surface area contributed by atoms with E-state index in [2.05, 4.69) is 17.0 Å². The molecule has 2 aliphatic rings. The normalized spacial score (nSPS) is 26.2. The van der Waals surface area contributed by atoms with E-state index in [0.717, 1.165) is 44.4 Å². The van der Waals surface area contributed by atoms with Crippen molar-refractivity contribution in [2.45, 2.75) is 44.2 Å². The maximum Gasteiger partial charge on any atom is 0.320 e. The van der Waals surface area contributed by atoms with Gasteiger partial charge in [-0.3, -0.25) is 9.69 Å².